The minimum Gasteiger partial charge on any atom is -0.368 e. The average molecular weight is 317 g/mol. The van der Waals surface area contributed by atoms with E-state index in [9.17, 15) is 0 Å². The van der Waals surface area contributed by atoms with E-state index in [-0.39, 0.29) is 5.95 Å². The first-order valence-corrected chi connectivity index (χ1v) is 7.50. The Morgan fingerprint density at radius 2 is 2.00 bits per heavy atom. The van der Waals surface area contributed by atoms with Crippen molar-refractivity contribution in [1.29, 1.82) is 0 Å². The number of anilines is 2. The van der Waals surface area contributed by atoms with E-state index in [0.717, 1.165) is 27.9 Å². The monoisotopic (exact) mass is 317 g/mol. The number of pyridine rings is 1. The second-order valence-electron chi connectivity index (χ2n) is 5.31. The molecular formula is C17H15N7. The quantitative estimate of drug-likeness (QED) is 0.534. The summed E-state index contributed by atoms with van der Waals surface area (Å²) in [4.78, 5) is 13.0. The van der Waals surface area contributed by atoms with Crippen molar-refractivity contribution in [2.45, 2.75) is 6.54 Å². The van der Waals surface area contributed by atoms with Crippen LogP contribution in [0.3, 0.4) is 0 Å². The number of hydrogen-bond acceptors (Lipinski definition) is 6. The highest BCUT2D eigenvalue weighted by atomic mass is 15.1. The SMILES string of the molecule is Nc1nc(NCc2ccccn2)c2ccc(-c3ccn[nH]3)cc2n1. The van der Waals surface area contributed by atoms with Crippen molar-refractivity contribution in [3.8, 4) is 11.3 Å². The summed E-state index contributed by atoms with van der Waals surface area (Å²) in [6.07, 6.45) is 3.48. The van der Waals surface area contributed by atoms with Gasteiger partial charge in [-0.15, -0.1) is 0 Å². The van der Waals surface area contributed by atoms with E-state index in [1.807, 2.05) is 42.5 Å². The molecule has 0 fully saturated rings. The van der Waals surface area contributed by atoms with Gasteiger partial charge in [0.05, 0.1) is 23.4 Å². The second-order valence-corrected chi connectivity index (χ2v) is 5.31. The van der Waals surface area contributed by atoms with E-state index in [1.165, 1.54) is 0 Å². The third kappa shape index (κ3) is 2.74. The number of fused-ring (bicyclic) bond motifs is 1. The van der Waals surface area contributed by atoms with Crippen molar-refractivity contribution in [1.82, 2.24) is 25.1 Å². The van der Waals surface area contributed by atoms with Gasteiger partial charge >= 0.3 is 0 Å². The molecule has 0 aliphatic carbocycles. The lowest BCUT2D eigenvalue weighted by atomic mass is 10.1. The number of aromatic nitrogens is 5. The zero-order valence-electron chi connectivity index (χ0n) is 12.8. The largest absolute Gasteiger partial charge is 0.368 e. The Morgan fingerprint density at radius 3 is 2.79 bits per heavy atom. The Morgan fingerprint density at radius 1 is 1.04 bits per heavy atom. The first-order chi connectivity index (χ1) is 11.8. The molecule has 4 rings (SSSR count). The lowest BCUT2D eigenvalue weighted by Gasteiger charge is -2.10. The van der Waals surface area contributed by atoms with Crippen LogP contribution in [-0.2, 0) is 6.54 Å². The van der Waals surface area contributed by atoms with Gasteiger partial charge in [0.2, 0.25) is 5.95 Å². The van der Waals surface area contributed by atoms with E-state index in [2.05, 4.69) is 30.5 Å². The van der Waals surface area contributed by atoms with Crippen molar-refractivity contribution in [3.05, 3.63) is 60.6 Å². The normalized spacial score (nSPS) is 10.8. The molecule has 0 saturated carbocycles. The molecule has 0 aliphatic rings. The zero-order valence-corrected chi connectivity index (χ0v) is 12.8. The van der Waals surface area contributed by atoms with Gasteiger partial charge in [0, 0.05) is 23.3 Å². The third-order valence-electron chi connectivity index (χ3n) is 3.69. The molecule has 3 aromatic heterocycles. The molecule has 0 unspecified atom stereocenters. The molecule has 24 heavy (non-hydrogen) atoms. The first kappa shape index (κ1) is 14.1. The Balaban J connectivity index is 1.70. The first-order valence-electron chi connectivity index (χ1n) is 7.50. The van der Waals surface area contributed by atoms with Crippen molar-refractivity contribution >= 4 is 22.7 Å². The molecule has 0 amide bonds. The van der Waals surface area contributed by atoms with Crippen LogP contribution in [0.2, 0.25) is 0 Å². The Bertz CT molecular complexity index is 965. The van der Waals surface area contributed by atoms with Gasteiger partial charge in [-0.2, -0.15) is 10.1 Å². The summed E-state index contributed by atoms with van der Waals surface area (Å²) in [6.45, 7) is 0.564. The van der Waals surface area contributed by atoms with Crippen molar-refractivity contribution in [2.24, 2.45) is 0 Å². The maximum atomic E-state index is 5.86. The van der Waals surface area contributed by atoms with E-state index < -0.39 is 0 Å². The number of nitrogens with two attached hydrogens (primary N) is 1. The molecule has 0 atom stereocenters. The Hall–Kier alpha value is -3.48. The van der Waals surface area contributed by atoms with Gasteiger partial charge in [0.1, 0.15) is 5.82 Å². The average Bonchev–Trinajstić information content (AvgIpc) is 3.14. The Kier molecular flexibility index (Phi) is 3.51. The van der Waals surface area contributed by atoms with Gasteiger partial charge in [-0.3, -0.25) is 10.1 Å². The highest BCUT2D eigenvalue weighted by Gasteiger charge is 2.09. The molecule has 118 valence electrons. The zero-order chi connectivity index (χ0) is 16.4. The van der Waals surface area contributed by atoms with Crippen LogP contribution < -0.4 is 11.1 Å². The molecule has 0 aliphatic heterocycles. The summed E-state index contributed by atoms with van der Waals surface area (Å²) in [5, 5.41) is 11.1. The van der Waals surface area contributed by atoms with Gasteiger partial charge in [0.25, 0.3) is 0 Å². The topological polar surface area (TPSA) is 105 Å². The van der Waals surface area contributed by atoms with Crippen molar-refractivity contribution in [2.75, 3.05) is 11.1 Å². The molecular weight excluding hydrogens is 302 g/mol. The van der Waals surface area contributed by atoms with Gasteiger partial charge < -0.3 is 11.1 Å². The van der Waals surface area contributed by atoms with Gasteiger partial charge in [0.15, 0.2) is 0 Å². The maximum absolute atomic E-state index is 5.86. The molecule has 1 aromatic carbocycles. The lowest BCUT2D eigenvalue weighted by Crippen LogP contribution is -2.06. The summed E-state index contributed by atoms with van der Waals surface area (Å²) in [6, 6.07) is 13.6. The minimum atomic E-state index is 0.229. The molecule has 3 heterocycles. The molecule has 0 bridgehead atoms. The number of benzene rings is 1. The van der Waals surface area contributed by atoms with Gasteiger partial charge in [-0.05, 0) is 30.3 Å². The van der Waals surface area contributed by atoms with E-state index >= 15 is 0 Å². The smallest absolute Gasteiger partial charge is 0.222 e. The fraction of sp³-hybridized carbons (Fsp3) is 0.0588. The third-order valence-corrected chi connectivity index (χ3v) is 3.69. The summed E-state index contributed by atoms with van der Waals surface area (Å²) >= 11 is 0. The molecule has 0 spiro atoms. The van der Waals surface area contributed by atoms with Gasteiger partial charge in [-0.25, -0.2) is 4.98 Å². The molecule has 0 saturated heterocycles. The predicted octanol–water partition coefficient (Wildman–Crippen LogP) is 2.61. The van der Waals surface area contributed by atoms with Crippen molar-refractivity contribution in [3.63, 3.8) is 0 Å². The highest BCUT2D eigenvalue weighted by molar-refractivity contribution is 5.92. The number of nitrogens with one attached hydrogen (secondary N) is 2. The predicted molar refractivity (Wildman–Crippen MR) is 93.1 cm³/mol. The summed E-state index contributed by atoms with van der Waals surface area (Å²) < 4.78 is 0. The minimum absolute atomic E-state index is 0.229. The number of rotatable bonds is 4. The van der Waals surface area contributed by atoms with Gasteiger partial charge in [-0.1, -0.05) is 12.1 Å². The molecule has 7 nitrogen and oxygen atoms in total. The number of nitrogens with zero attached hydrogens (tertiary/aromatic N) is 4. The summed E-state index contributed by atoms with van der Waals surface area (Å²) in [5.74, 6) is 0.923. The summed E-state index contributed by atoms with van der Waals surface area (Å²) in [5.41, 5.74) is 9.49. The molecule has 0 radical (unpaired) electrons. The van der Waals surface area contributed by atoms with Crippen LogP contribution in [0.4, 0.5) is 11.8 Å². The van der Waals surface area contributed by atoms with E-state index in [1.54, 1.807) is 12.4 Å². The number of H-pyrrole nitrogens is 1. The van der Waals surface area contributed by atoms with Crippen LogP contribution in [0, 0.1) is 0 Å². The second kappa shape index (κ2) is 5.96. The van der Waals surface area contributed by atoms with Crippen molar-refractivity contribution < 1.29 is 0 Å². The molecule has 7 heteroatoms. The number of aromatic amines is 1. The van der Waals surface area contributed by atoms with Crippen LogP contribution in [-0.4, -0.2) is 25.1 Å². The number of hydrogen-bond donors (Lipinski definition) is 3. The number of nitrogen functional groups attached to an aromatic ring is 1. The molecule has 4 N–H and O–H groups in total. The van der Waals surface area contributed by atoms with E-state index in [0.29, 0.717) is 12.4 Å². The van der Waals surface area contributed by atoms with Crippen LogP contribution in [0.5, 0.6) is 0 Å². The standard InChI is InChI=1S/C17H15N7/c18-17-22-15-9-11(14-6-8-21-24-14)4-5-13(15)16(23-17)20-10-12-3-1-2-7-19-12/h1-9H,10H2,(H,21,24)(H3,18,20,22,23). The fourth-order valence-corrected chi connectivity index (χ4v) is 2.54. The fourth-order valence-electron chi connectivity index (χ4n) is 2.54. The molecule has 4 aromatic rings. The maximum Gasteiger partial charge on any atom is 0.222 e. The van der Waals surface area contributed by atoms with Crippen LogP contribution in [0.25, 0.3) is 22.2 Å². The van der Waals surface area contributed by atoms with Crippen LogP contribution >= 0.6 is 0 Å². The van der Waals surface area contributed by atoms with Crippen LogP contribution in [0.15, 0.2) is 54.9 Å². The lowest BCUT2D eigenvalue weighted by molar-refractivity contribution is 1.03. The summed E-state index contributed by atoms with van der Waals surface area (Å²) in [7, 11) is 0. The van der Waals surface area contributed by atoms with Crippen LogP contribution in [0.1, 0.15) is 5.69 Å². The highest BCUT2D eigenvalue weighted by Crippen LogP contribution is 2.26. The van der Waals surface area contributed by atoms with E-state index in [4.69, 9.17) is 5.73 Å². The Labute approximate surface area is 138 Å².